The quantitative estimate of drug-likeness (QED) is 0.633. The summed E-state index contributed by atoms with van der Waals surface area (Å²) in [6, 6.07) is 11.8. The minimum absolute atomic E-state index is 0.258. The molecule has 2 heterocycles. The van der Waals surface area contributed by atoms with Crippen molar-refractivity contribution in [2.75, 3.05) is 6.54 Å². The molecule has 0 spiro atoms. The van der Waals surface area contributed by atoms with E-state index in [1.165, 1.54) is 23.3 Å². The lowest BCUT2D eigenvalue weighted by Gasteiger charge is -2.34. The van der Waals surface area contributed by atoms with E-state index in [9.17, 15) is 4.39 Å². The van der Waals surface area contributed by atoms with Crippen LogP contribution in [0, 0.1) is 5.82 Å². The van der Waals surface area contributed by atoms with Crippen molar-refractivity contribution in [3.05, 3.63) is 58.9 Å². The Bertz CT molecular complexity index is 1040. The zero-order chi connectivity index (χ0) is 22.9. The molecular formula is C26H33BFNO3. The molecule has 6 heteroatoms. The van der Waals surface area contributed by atoms with Gasteiger partial charge in [-0.15, -0.1) is 0 Å². The van der Waals surface area contributed by atoms with Crippen LogP contribution in [0.3, 0.4) is 0 Å². The van der Waals surface area contributed by atoms with Gasteiger partial charge in [-0.05, 0) is 77.0 Å². The Morgan fingerprint density at radius 1 is 0.938 bits per heavy atom. The number of benzene rings is 2. The fourth-order valence-corrected chi connectivity index (χ4v) is 5.17. The van der Waals surface area contributed by atoms with Gasteiger partial charge in [0.15, 0.2) is 0 Å². The first-order valence-corrected chi connectivity index (χ1v) is 11.6. The predicted octanol–water partition coefficient (Wildman–Crippen LogP) is 4.79. The van der Waals surface area contributed by atoms with Crippen LogP contribution in [0.15, 0.2) is 36.4 Å². The second-order valence-electron chi connectivity index (χ2n) is 11.1. The third-order valence-electron chi connectivity index (χ3n) is 7.55. The number of hydrogen-bond acceptors (Lipinski definition) is 4. The van der Waals surface area contributed by atoms with Gasteiger partial charge < -0.3 is 14.0 Å². The molecule has 0 radical (unpaired) electrons. The van der Waals surface area contributed by atoms with Crippen LogP contribution < -0.4 is 10.2 Å². The first-order valence-electron chi connectivity index (χ1n) is 11.6. The second-order valence-corrected chi connectivity index (χ2v) is 11.1. The molecule has 1 fully saturated rings. The summed E-state index contributed by atoms with van der Waals surface area (Å²) in [6.07, 6.45) is 2.12. The highest BCUT2D eigenvalue weighted by atomic mass is 19.1. The van der Waals surface area contributed by atoms with Crippen molar-refractivity contribution in [3.8, 4) is 5.75 Å². The van der Waals surface area contributed by atoms with Crippen molar-refractivity contribution in [1.29, 1.82) is 0 Å². The van der Waals surface area contributed by atoms with Gasteiger partial charge in [0.05, 0.1) is 11.2 Å². The van der Waals surface area contributed by atoms with E-state index in [-0.39, 0.29) is 30.2 Å². The smallest absolute Gasteiger partial charge is 0.486 e. The Balaban J connectivity index is 1.46. The largest absolute Gasteiger partial charge is 0.494 e. The summed E-state index contributed by atoms with van der Waals surface area (Å²) in [7, 11) is -0.362. The van der Waals surface area contributed by atoms with Crippen LogP contribution in [0.25, 0.3) is 0 Å². The topological polar surface area (TPSA) is 30.9 Å². The van der Waals surface area contributed by atoms with Crippen molar-refractivity contribution in [2.24, 2.45) is 0 Å². The van der Waals surface area contributed by atoms with Crippen LogP contribution in [-0.4, -0.2) is 35.4 Å². The maximum atomic E-state index is 13.9. The Morgan fingerprint density at radius 3 is 2.34 bits per heavy atom. The molecule has 170 valence electrons. The third-order valence-corrected chi connectivity index (χ3v) is 7.55. The molecule has 0 bridgehead atoms. The van der Waals surface area contributed by atoms with E-state index < -0.39 is 5.60 Å². The Hall–Kier alpha value is -1.89. The highest BCUT2D eigenvalue weighted by molar-refractivity contribution is 6.62. The van der Waals surface area contributed by atoms with Gasteiger partial charge in [0.25, 0.3) is 0 Å². The van der Waals surface area contributed by atoms with Gasteiger partial charge in [-0.25, -0.2) is 4.39 Å². The normalized spacial score (nSPS) is 25.7. The van der Waals surface area contributed by atoms with Gasteiger partial charge in [0, 0.05) is 30.8 Å². The molecule has 2 aromatic carbocycles. The van der Waals surface area contributed by atoms with Crippen LogP contribution in [-0.2, 0) is 22.3 Å². The molecule has 32 heavy (non-hydrogen) atoms. The van der Waals surface area contributed by atoms with Crippen molar-refractivity contribution in [3.63, 3.8) is 0 Å². The van der Waals surface area contributed by atoms with Crippen molar-refractivity contribution in [2.45, 2.75) is 83.8 Å². The van der Waals surface area contributed by atoms with E-state index in [0.29, 0.717) is 5.75 Å². The fourth-order valence-electron chi connectivity index (χ4n) is 5.17. The lowest BCUT2D eigenvalue weighted by Crippen LogP contribution is -2.42. The zero-order valence-electron chi connectivity index (χ0n) is 20.0. The number of halogens is 1. The number of hydrogen-bond donors (Lipinski definition) is 0. The summed E-state index contributed by atoms with van der Waals surface area (Å²) in [5, 5.41) is 0. The average molecular weight is 437 g/mol. The summed E-state index contributed by atoms with van der Waals surface area (Å²) in [4.78, 5) is 2.49. The number of aryl methyl sites for hydroxylation is 1. The van der Waals surface area contributed by atoms with Crippen LogP contribution in [0.5, 0.6) is 5.75 Å². The molecule has 0 amide bonds. The number of ether oxygens (including phenoxy) is 1. The molecule has 3 aliphatic rings. The van der Waals surface area contributed by atoms with E-state index in [1.54, 1.807) is 0 Å². The first kappa shape index (κ1) is 21.9. The molecule has 2 aromatic rings. The molecule has 2 aliphatic heterocycles. The van der Waals surface area contributed by atoms with Crippen molar-refractivity contribution in [1.82, 2.24) is 4.90 Å². The summed E-state index contributed by atoms with van der Waals surface area (Å²) < 4.78 is 32.7. The molecule has 1 aliphatic carbocycles. The van der Waals surface area contributed by atoms with E-state index in [0.717, 1.165) is 37.0 Å². The number of nitrogens with zero attached hydrogens (tertiary/aromatic N) is 1. The van der Waals surface area contributed by atoms with Crippen LogP contribution in [0.4, 0.5) is 4.39 Å². The minimum Gasteiger partial charge on any atom is -0.486 e. The van der Waals surface area contributed by atoms with Gasteiger partial charge in [0.1, 0.15) is 17.2 Å². The maximum absolute atomic E-state index is 13.9. The molecular weight excluding hydrogens is 404 g/mol. The highest BCUT2D eigenvalue weighted by Crippen LogP contribution is 2.41. The van der Waals surface area contributed by atoms with Gasteiger partial charge in [-0.3, -0.25) is 4.90 Å². The van der Waals surface area contributed by atoms with Gasteiger partial charge in [-0.1, -0.05) is 24.3 Å². The standard InChI is InChI=1S/C26H33BFNO3/c1-24(2)16-29(15-18-8-11-20(28)14-23(18)30-24)22-12-9-17-7-10-19(13-21(17)22)27-31-25(3,4)26(5,6)32-27/h7-8,10-11,13-14,22H,9,12,15-16H2,1-6H3. The summed E-state index contributed by atoms with van der Waals surface area (Å²) in [5.74, 6) is 0.396. The zero-order valence-corrected chi connectivity index (χ0v) is 20.0. The van der Waals surface area contributed by atoms with Gasteiger partial charge in [0.2, 0.25) is 0 Å². The first-order chi connectivity index (χ1) is 14.9. The van der Waals surface area contributed by atoms with Crippen molar-refractivity contribution < 1.29 is 18.4 Å². The van der Waals surface area contributed by atoms with E-state index in [4.69, 9.17) is 14.0 Å². The number of fused-ring (bicyclic) bond motifs is 2. The lowest BCUT2D eigenvalue weighted by atomic mass is 9.77. The Morgan fingerprint density at radius 2 is 1.62 bits per heavy atom. The molecule has 5 rings (SSSR count). The second kappa shape index (κ2) is 7.31. The number of rotatable bonds is 2. The minimum atomic E-state index is -0.412. The lowest BCUT2D eigenvalue weighted by molar-refractivity contribution is 0.00578. The predicted molar refractivity (Wildman–Crippen MR) is 125 cm³/mol. The van der Waals surface area contributed by atoms with E-state index in [2.05, 4.69) is 64.6 Å². The molecule has 1 atom stereocenters. The summed E-state index contributed by atoms with van der Waals surface area (Å²) in [6.45, 7) is 14.0. The third kappa shape index (κ3) is 3.76. The fraction of sp³-hybridized carbons (Fsp3) is 0.538. The van der Waals surface area contributed by atoms with Gasteiger partial charge >= 0.3 is 7.12 Å². The molecule has 4 nitrogen and oxygen atoms in total. The SMILES string of the molecule is CC1(C)CN(C2CCc3ccc(B4OC(C)(C)C(C)(C)O4)cc32)Cc2ccc(F)cc2O1. The van der Waals surface area contributed by atoms with Crippen LogP contribution in [0.2, 0.25) is 0 Å². The molecule has 0 N–H and O–H groups in total. The summed E-state index contributed by atoms with van der Waals surface area (Å²) >= 11 is 0. The average Bonchev–Trinajstić information content (AvgIpc) is 3.15. The van der Waals surface area contributed by atoms with E-state index in [1.807, 2.05) is 6.07 Å². The molecule has 1 saturated heterocycles. The molecule has 1 unspecified atom stereocenters. The van der Waals surface area contributed by atoms with Gasteiger partial charge in [-0.2, -0.15) is 0 Å². The van der Waals surface area contributed by atoms with Crippen LogP contribution >= 0.6 is 0 Å². The Labute approximate surface area is 191 Å². The Kier molecular flexibility index (Phi) is 5.01. The van der Waals surface area contributed by atoms with Crippen molar-refractivity contribution >= 4 is 12.6 Å². The molecule has 0 saturated carbocycles. The monoisotopic (exact) mass is 437 g/mol. The summed E-state index contributed by atoms with van der Waals surface area (Å²) in [5.41, 5.74) is 3.71. The van der Waals surface area contributed by atoms with Crippen LogP contribution in [0.1, 0.15) is 70.7 Å². The van der Waals surface area contributed by atoms with E-state index >= 15 is 0 Å². The molecule has 0 aromatic heterocycles. The maximum Gasteiger partial charge on any atom is 0.494 e. The highest BCUT2D eigenvalue weighted by Gasteiger charge is 2.52.